The fraction of sp³-hybridized carbons (Fsp3) is 0.667. The fourth-order valence-electron chi connectivity index (χ4n) is 3.41. The van der Waals surface area contributed by atoms with E-state index in [0.29, 0.717) is 10.2 Å². The summed E-state index contributed by atoms with van der Waals surface area (Å²) in [6.07, 6.45) is 9.21. The molecule has 0 N–H and O–H groups in total. The molecule has 0 saturated heterocycles. The molecule has 1 heteroatoms. The zero-order valence-corrected chi connectivity index (χ0v) is 14.2. The zero-order chi connectivity index (χ0) is 13.9. The Morgan fingerprint density at radius 1 is 1.11 bits per heavy atom. The van der Waals surface area contributed by atoms with Crippen molar-refractivity contribution in [2.24, 2.45) is 5.41 Å². The first-order chi connectivity index (χ1) is 9.10. The van der Waals surface area contributed by atoms with Crippen molar-refractivity contribution in [2.75, 3.05) is 0 Å². The van der Waals surface area contributed by atoms with Gasteiger partial charge in [-0.1, -0.05) is 74.2 Å². The molecule has 0 nitrogen and oxygen atoms in total. The Hall–Kier alpha value is -0.300. The molecule has 1 aromatic carbocycles. The molecule has 0 spiro atoms. The third-order valence-corrected chi connectivity index (χ3v) is 6.48. The molecule has 2 rings (SSSR count). The van der Waals surface area contributed by atoms with E-state index in [-0.39, 0.29) is 0 Å². The number of hydrogen-bond acceptors (Lipinski definition) is 0. The molecule has 1 atom stereocenters. The molecule has 19 heavy (non-hydrogen) atoms. The molecule has 0 amide bonds. The first kappa shape index (κ1) is 15.1. The van der Waals surface area contributed by atoms with Gasteiger partial charge in [0.25, 0.3) is 0 Å². The van der Waals surface area contributed by atoms with Crippen molar-refractivity contribution in [2.45, 2.75) is 70.5 Å². The van der Waals surface area contributed by atoms with Crippen LogP contribution in [0.3, 0.4) is 0 Å². The van der Waals surface area contributed by atoms with Gasteiger partial charge >= 0.3 is 0 Å². The highest BCUT2D eigenvalue weighted by atomic mass is 79.9. The molecule has 1 aromatic rings. The Morgan fingerprint density at radius 3 is 2.37 bits per heavy atom. The summed E-state index contributed by atoms with van der Waals surface area (Å²) in [7, 11) is 0. The SMILES string of the molecule is CCc1ccc(CC)c(C(Br)C2(C)CCCCC2)c1. The summed E-state index contributed by atoms with van der Waals surface area (Å²) in [4.78, 5) is 0.516. The quantitative estimate of drug-likeness (QED) is 0.577. The maximum absolute atomic E-state index is 4.06. The standard InChI is InChI=1S/C18H27Br/c1-4-14-9-10-15(5-2)16(13-14)17(19)18(3)11-7-6-8-12-18/h9-10,13,17H,4-8,11-12H2,1-3H3. The minimum absolute atomic E-state index is 0.439. The average Bonchev–Trinajstić information content (AvgIpc) is 2.46. The van der Waals surface area contributed by atoms with Crippen molar-refractivity contribution in [3.8, 4) is 0 Å². The molecule has 0 aliphatic heterocycles. The number of aryl methyl sites for hydroxylation is 2. The molecule has 0 bridgehead atoms. The lowest BCUT2D eigenvalue weighted by atomic mass is 9.71. The van der Waals surface area contributed by atoms with E-state index in [1.165, 1.54) is 43.2 Å². The molecular weight excluding hydrogens is 296 g/mol. The number of hydrogen-bond donors (Lipinski definition) is 0. The molecule has 1 saturated carbocycles. The second kappa shape index (κ2) is 6.43. The van der Waals surface area contributed by atoms with Crippen molar-refractivity contribution in [1.29, 1.82) is 0 Å². The minimum Gasteiger partial charge on any atom is -0.0833 e. The zero-order valence-electron chi connectivity index (χ0n) is 12.6. The highest BCUT2D eigenvalue weighted by Crippen LogP contribution is 2.51. The maximum Gasteiger partial charge on any atom is 0.0451 e. The lowest BCUT2D eigenvalue weighted by molar-refractivity contribution is 0.212. The lowest BCUT2D eigenvalue weighted by Crippen LogP contribution is -2.25. The Labute approximate surface area is 127 Å². The predicted octanol–water partition coefficient (Wildman–Crippen LogP) is 6.22. The largest absolute Gasteiger partial charge is 0.0833 e. The van der Waals surface area contributed by atoms with Crippen LogP contribution < -0.4 is 0 Å². The summed E-state index contributed by atoms with van der Waals surface area (Å²) in [6, 6.07) is 7.08. The summed E-state index contributed by atoms with van der Waals surface area (Å²) in [5.74, 6) is 0. The van der Waals surface area contributed by atoms with Crippen molar-refractivity contribution in [3.63, 3.8) is 0 Å². The topological polar surface area (TPSA) is 0 Å². The Morgan fingerprint density at radius 2 is 1.79 bits per heavy atom. The van der Waals surface area contributed by atoms with Gasteiger partial charge < -0.3 is 0 Å². The molecule has 1 fully saturated rings. The highest BCUT2D eigenvalue weighted by Gasteiger charge is 2.35. The summed E-state index contributed by atoms with van der Waals surface area (Å²) in [5.41, 5.74) is 4.97. The van der Waals surface area contributed by atoms with E-state index in [1.54, 1.807) is 5.56 Å². The van der Waals surface area contributed by atoms with E-state index in [9.17, 15) is 0 Å². The number of halogens is 1. The van der Waals surface area contributed by atoms with E-state index < -0.39 is 0 Å². The van der Waals surface area contributed by atoms with Gasteiger partial charge in [-0.2, -0.15) is 0 Å². The smallest absolute Gasteiger partial charge is 0.0451 e. The van der Waals surface area contributed by atoms with Crippen LogP contribution >= 0.6 is 15.9 Å². The van der Waals surface area contributed by atoms with Crippen LogP contribution in [-0.2, 0) is 12.8 Å². The van der Waals surface area contributed by atoms with Crippen LogP contribution in [0, 0.1) is 5.41 Å². The van der Waals surface area contributed by atoms with Crippen LogP contribution in [-0.4, -0.2) is 0 Å². The Bertz CT molecular complexity index is 416. The van der Waals surface area contributed by atoms with Gasteiger partial charge in [-0.3, -0.25) is 0 Å². The number of benzene rings is 1. The van der Waals surface area contributed by atoms with Gasteiger partial charge in [-0.25, -0.2) is 0 Å². The first-order valence-corrected chi connectivity index (χ1v) is 8.78. The molecule has 1 aliphatic carbocycles. The van der Waals surface area contributed by atoms with Crippen molar-refractivity contribution >= 4 is 15.9 Å². The van der Waals surface area contributed by atoms with E-state index in [0.717, 1.165) is 12.8 Å². The number of alkyl halides is 1. The molecule has 0 heterocycles. The summed E-state index contributed by atoms with van der Waals surface area (Å²) in [5, 5.41) is 0. The average molecular weight is 323 g/mol. The van der Waals surface area contributed by atoms with Gasteiger partial charge in [0.1, 0.15) is 0 Å². The molecule has 0 radical (unpaired) electrons. The van der Waals surface area contributed by atoms with Crippen LogP contribution in [0.1, 0.15) is 74.4 Å². The van der Waals surface area contributed by atoms with Crippen molar-refractivity contribution in [1.82, 2.24) is 0 Å². The van der Waals surface area contributed by atoms with Gasteiger partial charge in [0, 0.05) is 4.83 Å². The van der Waals surface area contributed by atoms with E-state index in [1.807, 2.05) is 0 Å². The predicted molar refractivity (Wildman–Crippen MR) is 88.1 cm³/mol. The summed E-state index contributed by atoms with van der Waals surface area (Å²) in [6.45, 7) is 6.99. The number of rotatable bonds is 4. The second-order valence-corrected chi connectivity index (χ2v) is 7.23. The van der Waals surface area contributed by atoms with Gasteiger partial charge in [0.15, 0.2) is 0 Å². The van der Waals surface area contributed by atoms with Crippen molar-refractivity contribution < 1.29 is 0 Å². The molecule has 0 aromatic heterocycles. The van der Waals surface area contributed by atoms with Gasteiger partial charge in [0.05, 0.1) is 0 Å². The van der Waals surface area contributed by atoms with E-state index >= 15 is 0 Å². The van der Waals surface area contributed by atoms with Gasteiger partial charge in [-0.15, -0.1) is 0 Å². The summed E-state index contributed by atoms with van der Waals surface area (Å²) < 4.78 is 0. The third kappa shape index (κ3) is 3.24. The van der Waals surface area contributed by atoms with E-state index in [2.05, 4.69) is 54.9 Å². The first-order valence-electron chi connectivity index (χ1n) is 7.86. The maximum atomic E-state index is 4.06. The van der Waals surface area contributed by atoms with E-state index in [4.69, 9.17) is 0 Å². The lowest BCUT2D eigenvalue weighted by Gasteiger charge is -2.39. The third-order valence-electron chi connectivity index (χ3n) is 4.88. The molecule has 1 unspecified atom stereocenters. The monoisotopic (exact) mass is 322 g/mol. The highest BCUT2D eigenvalue weighted by molar-refractivity contribution is 9.09. The van der Waals surface area contributed by atoms with Crippen LogP contribution in [0.4, 0.5) is 0 Å². The summed E-state index contributed by atoms with van der Waals surface area (Å²) >= 11 is 4.06. The minimum atomic E-state index is 0.439. The molecular formula is C18H27Br. The Balaban J connectivity index is 2.33. The fourth-order valence-corrected chi connectivity index (χ4v) is 4.29. The Kier molecular flexibility index (Phi) is 5.11. The van der Waals surface area contributed by atoms with Crippen LogP contribution in [0.2, 0.25) is 0 Å². The van der Waals surface area contributed by atoms with Gasteiger partial charge in [-0.05, 0) is 47.8 Å². The second-order valence-electron chi connectivity index (χ2n) is 6.32. The normalized spacial score (nSPS) is 20.2. The molecule has 106 valence electrons. The van der Waals surface area contributed by atoms with Crippen LogP contribution in [0.5, 0.6) is 0 Å². The van der Waals surface area contributed by atoms with Gasteiger partial charge in [0.2, 0.25) is 0 Å². The van der Waals surface area contributed by atoms with Crippen molar-refractivity contribution in [3.05, 3.63) is 34.9 Å². The van der Waals surface area contributed by atoms with Crippen LogP contribution in [0.25, 0.3) is 0 Å². The molecule has 1 aliphatic rings. The van der Waals surface area contributed by atoms with Crippen LogP contribution in [0.15, 0.2) is 18.2 Å².